The van der Waals surface area contributed by atoms with Crippen molar-refractivity contribution in [1.29, 1.82) is 0 Å². The lowest BCUT2D eigenvalue weighted by molar-refractivity contribution is -0.0298. The lowest BCUT2D eigenvalue weighted by Gasteiger charge is -2.23. The van der Waals surface area contributed by atoms with Crippen LogP contribution in [0, 0.1) is 6.08 Å². The number of nitrogens with zero attached hydrogens (tertiary/aromatic N) is 4. The number of aromatic nitrogens is 4. The van der Waals surface area contributed by atoms with Crippen LogP contribution in [0.5, 0.6) is 11.5 Å². The van der Waals surface area contributed by atoms with Crippen molar-refractivity contribution in [2.45, 2.75) is 32.0 Å². The van der Waals surface area contributed by atoms with Gasteiger partial charge in [0.1, 0.15) is 17.7 Å². The van der Waals surface area contributed by atoms with Crippen LogP contribution in [0.3, 0.4) is 0 Å². The Bertz CT molecular complexity index is 972. The van der Waals surface area contributed by atoms with E-state index >= 15 is 0 Å². The van der Waals surface area contributed by atoms with Gasteiger partial charge in [-0.2, -0.15) is 14.4 Å². The Morgan fingerprint density at radius 1 is 1.25 bits per heavy atom. The molecule has 0 aliphatic carbocycles. The second-order valence-electron chi connectivity index (χ2n) is 6.52. The molecule has 0 bridgehead atoms. The third-order valence-electron chi connectivity index (χ3n) is 4.79. The number of rotatable bonds is 6. The first-order valence-corrected chi connectivity index (χ1v) is 9.16. The Morgan fingerprint density at radius 2 is 2.14 bits per heavy atom. The van der Waals surface area contributed by atoms with E-state index < -0.39 is 6.08 Å². The predicted molar refractivity (Wildman–Crippen MR) is 101 cm³/mol. The van der Waals surface area contributed by atoms with Gasteiger partial charge in [-0.1, -0.05) is 0 Å². The highest BCUT2D eigenvalue weighted by molar-refractivity contribution is 5.82. The van der Waals surface area contributed by atoms with E-state index in [1.54, 1.807) is 25.1 Å². The summed E-state index contributed by atoms with van der Waals surface area (Å²) in [6.45, 7) is 1.04. The molecule has 148 valence electrons. The molecule has 0 saturated carbocycles. The van der Waals surface area contributed by atoms with Crippen molar-refractivity contribution >= 4 is 17.0 Å². The van der Waals surface area contributed by atoms with Gasteiger partial charge in [-0.3, -0.25) is 4.57 Å². The third-order valence-corrected chi connectivity index (χ3v) is 4.79. The van der Waals surface area contributed by atoms with Gasteiger partial charge >= 0.3 is 6.08 Å². The Labute approximate surface area is 161 Å². The Kier molecular flexibility index (Phi) is 5.25. The summed E-state index contributed by atoms with van der Waals surface area (Å²) >= 11 is 0. The number of anilines is 1. The van der Waals surface area contributed by atoms with Crippen LogP contribution in [0.15, 0.2) is 24.5 Å². The molecule has 1 aliphatic heterocycles. The number of nitrogens with one attached hydrogen (secondary N) is 1. The third kappa shape index (κ3) is 3.57. The standard InChI is InChI=1S/C19H22FN5O3/c1-26-13-6-7-14(27-2)12(9-13)10-21-17-16-18(24-19(20)23-17)25(11-22-16)15-5-3-4-8-28-15/h6-7,9,11,15H,3-5,8,10H2,1-2H3,(H,21,23,24). The number of fused-ring (bicyclic) bond motifs is 1. The van der Waals surface area contributed by atoms with Crippen LogP contribution < -0.4 is 14.8 Å². The summed E-state index contributed by atoms with van der Waals surface area (Å²) in [4.78, 5) is 12.2. The van der Waals surface area contributed by atoms with Gasteiger partial charge < -0.3 is 19.5 Å². The molecule has 0 amide bonds. The average Bonchev–Trinajstić information content (AvgIpc) is 3.16. The van der Waals surface area contributed by atoms with Gasteiger partial charge in [0.25, 0.3) is 0 Å². The normalized spacial score (nSPS) is 16.9. The smallest absolute Gasteiger partial charge is 0.312 e. The molecule has 1 unspecified atom stereocenters. The van der Waals surface area contributed by atoms with Crippen LogP contribution in [-0.4, -0.2) is 40.3 Å². The Balaban J connectivity index is 1.63. The van der Waals surface area contributed by atoms with E-state index in [1.165, 1.54) is 0 Å². The zero-order valence-electron chi connectivity index (χ0n) is 15.8. The minimum Gasteiger partial charge on any atom is -0.497 e. The quantitative estimate of drug-likeness (QED) is 0.650. The maximum absolute atomic E-state index is 14.1. The predicted octanol–water partition coefficient (Wildman–Crippen LogP) is 3.29. The van der Waals surface area contributed by atoms with Crippen LogP contribution in [0.25, 0.3) is 11.2 Å². The highest BCUT2D eigenvalue weighted by Crippen LogP contribution is 2.29. The van der Waals surface area contributed by atoms with E-state index in [0.29, 0.717) is 41.6 Å². The lowest BCUT2D eigenvalue weighted by Crippen LogP contribution is -2.18. The zero-order chi connectivity index (χ0) is 19.5. The first-order chi connectivity index (χ1) is 13.7. The molecule has 2 aromatic heterocycles. The molecule has 1 N–H and O–H groups in total. The molecular formula is C19H22FN5O3. The van der Waals surface area contributed by atoms with Crippen molar-refractivity contribution in [1.82, 2.24) is 19.5 Å². The number of ether oxygens (including phenoxy) is 3. The maximum Gasteiger partial charge on any atom is 0.312 e. The van der Waals surface area contributed by atoms with Crippen LogP contribution >= 0.6 is 0 Å². The van der Waals surface area contributed by atoms with Gasteiger partial charge in [0.15, 0.2) is 17.0 Å². The van der Waals surface area contributed by atoms with Crippen LogP contribution in [0.2, 0.25) is 0 Å². The van der Waals surface area contributed by atoms with Crippen LogP contribution in [-0.2, 0) is 11.3 Å². The summed E-state index contributed by atoms with van der Waals surface area (Å²) in [7, 11) is 3.20. The molecule has 3 heterocycles. The van der Waals surface area contributed by atoms with Crippen LogP contribution in [0.1, 0.15) is 31.1 Å². The molecule has 0 radical (unpaired) electrons. The maximum atomic E-state index is 14.1. The molecule has 0 spiro atoms. The Morgan fingerprint density at radius 3 is 2.89 bits per heavy atom. The highest BCUT2D eigenvalue weighted by Gasteiger charge is 2.21. The molecule has 4 rings (SSSR count). The first-order valence-electron chi connectivity index (χ1n) is 9.16. The number of halogens is 1. The second kappa shape index (κ2) is 7.97. The fourth-order valence-electron chi connectivity index (χ4n) is 3.37. The van der Waals surface area contributed by atoms with Gasteiger partial charge in [-0.15, -0.1) is 0 Å². The first kappa shape index (κ1) is 18.4. The molecular weight excluding hydrogens is 365 g/mol. The molecule has 1 aliphatic rings. The van der Waals surface area contributed by atoms with E-state index in [4.69, 9.17) is 14.2 Å². The van der Waals surface area contributed by atoms with Crippen molar-refractivity contribution < 1.29 is 18.6 Å². The molecule has 1 fully saturated rings. The Hall–Kier alpha value is -2.94. The summed E-state index contributed by atoms with van der Waals surface area (Å²) in [6.07, 6.45) is 3.57. The second-order valence-corrected chi connectivity index (χ2v) is 6.52. The molecule has 8 nitrogen and oxygen atoms in total. The minimum atomic E-state index is -0.815. The van der Waals surface area contributed by atoms with Crippen molar-refractivity contribution in [3.05, 3.63) is 36.2 Å². The van der Waals surface area contributed by atoms with Crippen molar-refractivity contribution in [3.8, 4) is 11.5 Å². The summed E-state index contributed by atoms with van der Waals surface area (Å²) in [6, 6.07) is 5.49. The van der Waals surface area contributed by atoms with E-state index in [9.17, 15) is 4.39 Å². The van der Waals surface area contributed by atoms with Gasteiger partial charge in [-0.25, -0.2) is 4.98 Å². The number of hydrogen-bond acceptors (Lipinski definition) is 7. The fourth-order valence-corrected chi connectivity index (χ4v) is 3.37. The minimum absolute atomic E-state index is 0.181. The zero-order valence-corrected chi connectivity index (χ0v) is 15.8. The number of benzene rings is 1. The monoisotopic (exact) mass is 387 g/mol. The fraction of sp³-hybridized carbons (Fsp3) is 0.421. The van der Waals surface area contributed by atoms with Crippen molar-refractivity contribution in [3.63, 3.8) is 0 Å². The van der Waals surface area contributed by atoms with E-state index in [0.717, 1.165) is 24.8 Å². The van der Waals surface area contributed by atoms with Crippen molar-refractivity contribution in [2.24, 2.45) is 0 Å². The van der Waals surface area contributed by atoms with Gasteiger partial charge in [0.2, 0.25) is 0 Å². The average molecular weight is 387 g/mol. The van der Waals surface area contributed by atoms with Gasteiger partial charge in [0.05, 0.1) is 20.5 Å². The number of imidazole rings is 1. The highest BCUT2D eigenvalue weighted by atomic mass is 19.1. The van der Waals surface area contributed by atoms with Crippen molar-refractivity contribution in [2.75, 3.05) is 26.1 Å². The summed E-state index contributed by atoms with van der Waals surface area (Å²) in [5.74, 6) is 1.72. The topological polar surface area (TPSA) is 83.3 Å². The van der Waals surface area contributed by atoms with E-state index in [2.05, 4.69) is 20.3 Å². The molecule has 28 heavy (non-hydrogen) atoms. The number of methoxy groups -OCH3 is 2. The van der Waals surface area contributed by atoms with Gasteiger partial charge in [-0.05, 0) is 37.5 Å². The van der Waals surface area contributed by atoms with Gasteiger partial charge in [0, 0.05) is 18.7 Å². The molecule has 9 heteroatoms. The summed E-state index contributed by atoms with van der Waals surface area (Å²) < 4.78 is 32.3. The molecule has 1 atom stereocenters. The van der Waals surface area contributed by atoms with E-state index in [-0.39, 0.29) is 6.23 Å². The SMILES string of the molecule is COc1ccc(OC)c(CNc2nc(F)nc3c2ncn3C2CCCCO2)c1. The molecule has 1 saturated heterocycles. The molecule has 3 aromatic rings. The van der Waals surface area contributed by atoms with E-state index in [1.807, 2.05) is 18.2 Å². The summed E-state index contributed by atoms with van der Waals surface area (Å²) in [5, 5.41) is 3.14. The lowest BCUT2D eigenvalue weighted by atomic mass is 10.2. The number of hydrogen-bond donors (Lipinski definition) is 1. The largest absolute Gasteiger partial charge is 0.497 e. The summed E-state index contributed by atoms with van der Waals surface area (Å²) in [5.41, 5.74) is 1.76. The molecule has 1 aromatic carbocycles. The van der Waals surface area contributed by atoms with Crippen LogP contribution in [0.4, 0.5) is 10.2 Å².